The van der Waals surface area contributed by atoms with Gasteiger partial charge in [0.2, 0.25) is 0 Å². The van der Waals surface area contributed by atoms with Gasteiger partial charge in [0, 0.05) is 7.11 Å². The topological polar surface area (TPSA) is 44.8 Å². The Hall–Kier alpha value is -2.85. The minimum atomic E-state index is 0.266. The average molecular weight is 457 g/mol. The van der Waals surface area contributed by atoms with E-state index in [1.54, 1.807) is 27.2 Å². The molecular weight excluding hydrogens is 412 g/mol. The third-order valence-corrected chi connectivity index (χ3v) is 4.80. The van der Waals surface area contributed by atoms with E-state index in [0.717, 1.165) is 35.0 Å². The van der Waals surface area contributed by atoms with Gasteiger partial charge in [-0.2, -0.15) is 0 Å². The SMILES string of the molecule is C=C(/C=C(/OCCOC)C(=C)OC)C(=C)/C(C)=C\C(=C)C(C)/C=C\C(C)CC.C=C(C)C=O. The lowest BCUT2D eigenvalue weighted by Gasteiger charge is -2.14. The minimum absolute atomic E-state index is 0.266. The predicted molar refractivity (Wildman–Crippen MR) is 142 cm³/mol. The van der Waals surface area contributed by atoms with E-state index in [2.05, 4.69) is 71.9 Å². The van der Waals surface area contributed by atoms with Crippen LogP contribution in [0.3, 0.4) is 0 Å². The van der Waals surface area contributed by atoms with Crippen molar-refractivity contribution in [3.63, 3.8) is 0 Å². The molecule has 33 heavy (non-hydrogen) atoms. The van der Waals surface area contributed by atoms with Gasteiger partial charge in [0.05, 0.1) is 13.7 Å². The first-order valence-electron chi connectivity index (χ1n) is 11.1. The molecule has 0 aromatic carbocycles. The van der Waals surface area contributed by atoms with Crippen LogP contribution in [0, 0.1) is 11.8 Å². The number of allylic oxidation sites excluding steroid dienone is 9. The van der Waals surface area contributed by atoms with Crippen molar-refractivity contribution in [2.45, 2.75) is 41.0 Å². The quantitative estimate of drug-likeness (QED) is 0.0647. The number of aldehydes is 1. The normalized spacial score (nSPS) is 13.3. The maximum Gasteiger partial charge on any atom is 0.161 e. The van der Waals surface area contributed by atoms with Crippen molar-refractivity contribution >= 4 is 6.29 Å². The number of hydrogen-bond donors (Lipinski definition) is 0. The second kappa shape index (κ2) is 18.7. The third kappa shape index (κ3) is 15.6. The molecule has 0 aromatic heterocycles. The molecule has 0 aliphatic heterocycles. The molecule has 0 aromatic rings. The smallest absolute Gasteiger partial charge is 0.161 e. The van der Waals surface area contributed by atoms with Crippen LogP contribution in [0.5, 0.6) is 0 Å². The Morgan fingerprint density at radius 3 is 1.97 bits per heavy atom. The van der Waals surface area contributed by atoms with Crippen molar-refractivity contribution in [2.24, 2.45) is 11.8 Å². The van der Waals surface area contributed by atoms with Crippen molar-refractivity contribution < 1.29 is 19.0 Å². The van der Waals surface area contributed by atoms with Gasteiger partial charge < -0.3 is 14.2 Å². The molecule has 0 rings (SSSR count). The predicted octanol–water partition coefficient (Wildman–Crippen LogP) is 7.31. The van der Waals surface area contributed by atoms with Gasteiger partial charge in [-0.05, 0) is 59.6 Å². The van der Waals surface area contributed by atoms with Gasteiger partial charge >= 0.3 is 0 Å². The summed E-state index contributed by atoms with van der Waals surface area (Å²) in [7, 11) is 3.18. The zero-order chi connectivity index (χ0) is 26.0. The molecular formula is C29H44O4. The molecule has 0 heterocycles. The van der Waals surface area contributed by atoms with Crippen molar-refractivity contribution in [1.29, 1.82) is 0 Å². The summed E-state index contributed by atoms with van der Waals surface area (Å²) in [5.74, 6) is 1.79. The van der Waals surface area contributed by atoms with Crippen LogP contribution in [0.4, 0.5) is 0 Å². The zero-order valence-corrected chi connectivity index (χ0v) is 21.8. The number of rotatable bonds is 15. The second-order valence-electron chi connectivity index (χ2n) is 7.91. The fourth-order valence-corrected chi connectivity index (χ4v) is 2.15. The van der Waals surface area contributed by atoms with Crippen LogP contribution in [-0.4, -0.2) is 33.7 Å². The fraction of sp³-hybridized carbons (Fsp3) is 0.414. The molecule has 0 aliphatic rings. The molecule has 0 amide bonds. The van der Waals surface area contributed by atoms with Crippen LogP contribution in [0.25, 0.3) is 0 Å². The average Bonchev–Trinajstić information content (AvgIpc) is 2.80. The summed E-state index contributed by atoms with van der Waals surface area (Å²) in [6.45, 7) is 30.7. The number of hydrogen-bond acceptors (Lipinski definition) is 4. The molecule has 0 bridgehead atoms. The van der Waals surface area contributed by atoms with E-state index < -0.39 is 0 Å². The Bertz CT molecular complexity index is 777. The summed E-state index contributed by atoms with van der Waals surface area (Å²) in [6, 6.07) is 0. The summed E-state index contributed by atoms with van der Waals surface area (Å²) in [4.78, 5) is 9.41. The first-order chi connectivity index (χ1) is 15.4. The number of carbonyl (C=O) groups is 1. The monoisotopic (exact) mass is 456 g/mol. The van der Waals surface area contributed by atoms with Crippen LogP contribution in [0.15, 0.2) is 96.6 Å². The fourth-order valence-electron chi connectivity index (χ4n) is 2.15. The van der Waals surface area contributed by atoms with E-state index in [1.807, 2.05) is 6.92 Å². The van der Waals surface area contributed by atoms with E-state index in [4.69, 9.17) is 14.2 Å². The zero-order valence-electron chi connectivity index (χ0n) is 21.8. The Morgan fingerprint density at radius 2 is 1.52 bits per heavy atom. The molecule has 4 heteroatoms. The van der Waals surface area contributed by atoms with E-state index in [0.29, 0.717) is 36.2 Å². The summed E-state index contributed by atoms with van der Waals surface area (Å²) < 4.78 is 15.9. The Labute approximate surface area is 202 Å². The molecule has 0 fully saturated rings. The first-order valence-corrected chi connectivity index (χ1v) is 11.1. The van der Waals surface area contributed by atoms with Gasteiger partial charge in [0.1, 0.15) is 12.9 Å². The Morgan fingerprint density at radius 1 is 0.939 bits per heavy atom. The first kappa shape index (κ1) is 32.3. The number of ether oxygens (including phenoxy) is 3. The largest absolute Gasteiger partial charge is 0.493 e. The third-order valence-electron chi connectivity index (χ3n) is 4.80. The molecule has 2 unspecified atom stereocenters. The van der Waals surface area contributed by atoms with Crippen molar-refractivity contribution in [3.05, 3.63) is 96.6 Å². The van der Waals surface area contributed by atoms with Crippen LogP contribution in [-0.2, 0) is 19.0 Å². The molecule has 0 saturated carbocycles. The van der Waals surface area contributed by atoms with Gasteiger partial charge in [0.25, 0.3) is 0 Å². The van der Waals surface area contributed by atoms with Gasteiger partial charge in [0.15, 0.2) is 11.5 Å². The summed E-state index contributed by atoms with van der Waals surface area (Å²) in [5, 5.41) is 0. The van der Waals surface area contributed by atoms with Gasteiger partial charge in [-0.1, -0.05) is 78.3 Å². The lowest BCUT2D eigenvalue weighted by atomic mass is 9.94. The Balaban J connectivity index is 0. The highest BCUT2D eigenvalue weighted by molar-refractivity contribution is 5.70. The van der Waals surface area contributed by atoms with Crippen LogP contribution < -0.4 is 0 Å². The van der Waals surface area contributed by atoms with E-state index in [-0.39, 0.29) is 5.92 Å². The molecule has 2 atom stereocenters. The highest BCUT2D eigenvalue weighted by atomic mass is 16.5. The minimum Gasteiger partial charge on any atom is -0.493 e. The maximum absolute atomic E-state index is 9.41. The maximum atomic E-state index is 9.41. The van der Waals surface area contributed by atoms with E-state index >= 15 is 0 Å². The number of methoxy groups -OCH3 is 2. The summed E-state index contributed by atoms with van der Waals surface area (Å²) >= 11 is 0. The van der Waals surface area contributed by atoms with Gasteiger partial charge in [-0.25, -0.2) is 0 Å². The van der Waals surface area contributed by atoms with Gasteiger partial charge in [-0.15, -0.1) is 0 Å². The van der Waals surface area contributed by atoms with E-state index in [9.17, 15) is 4.79 Å². The van der Waals surface area contributed by atoms with Crippen LogP contribution in [0.1, 0.15) is 41.0 Å². The van der Waals surface area contributed by atoms with Crippen molar-refractivity contribution in [1.82, 2.24) is 0 Å². The van der Waals surface area contributed by atoms with Crippen LogP contribution in [0.2, 0.25) is 0 Å². The van der Waals surface area contributed by atoms with Gasteiger partial charge in [-0.3, -0.25) is 4.79 Å². The van der Waals surface area contributed by atoms with Crippen LogP contribution >= 0.6 is 0 Å². The molecule has 184 valence electrons. The van der Waals surface area contributed by atoms with Crippen molar-refractivity contribution in [3.8, 4) is 0 Å². The second-order valence-corrected chi connectivity index (χ2v) is 7.91. The highest BCUT2D eigenvalue weighted by Gasteiger charge is 2.09. The van der Waals surface area contributed by atoms with E-state index in [1.165, 1.54) is 0 Å². The highest BCUT2D eigenvalue weighted by Crippen LogP contribution is 2.24. The lowest BCUT2D eigenvalue weighted by molar-refractivity contribution is -0.104. The lowest BCUT2D eigenvalue weighted by Crippen LogP contribution is -2.05. The molecule has 0 spiro atoms. The molecule has 4 nitrogen and oxygen atoms in total. The molecule has 0 radical (unpaired) electrons. The summed E-state index contributed by atoms with van der Waals surface area (Å²) in [5.41, 5.74) is 4.16. The molecule has 0 saturated heterocycles. The number of carbonyl (C=O) groups excluding carboxylic acids is 1. The van der Waals surface area contributed by atoms with Crippen molar-refractivity contribution in [2.75, 3.05) is 27.4 Å². The molecule has 0 N–H and O–H groups in total. The molecule has 0 aliphatic carbocycles. The summed E-state index contributed by atoms with van der Waals surface area (Å²) in [6.07, 6.45) is 10.2. The standard InChI is InChI=1S/C25H38O3.C4H6O/c1-11-18(2)12-13-19(3)20(4)16-21(5)23(7)22(6)17-25(24(8)27-10)28-15-14-26-9;1-4(2)3-5/h12-13,16-19H,4,6-8,11,14-15H2,1-3,5,9-10H3;3H,1H2,2H3/b13-12-,21-16-,25-17+;. The Kier molecular flexibility index (Phi) is 18.3.